The summed E-state index contributed by atoms with van der Waals surface area (Å²) < 4.78 is 5.99. The normalized spacial score (nSPS) is 24.1. The zero-order chi connectivity index (χ0) is 16.9. The second-order valence-electron chi connectivity index (χ2n) is 6.92. The van der Waals surface area contributed by atoms with Crippen LogP contribution in [0.25, 0.3) is 0 Å². The van der Waals surface area contributed by atoms with E-state index in [1.54, 1.807) is 6.20 Å². The van der Waals surface area contributed by atoms with E-state index in [-0.39, 0.29) is 0 Å². The molecule has 130 valence electrons. The van der Waals surface area contributed by atoms with Crippen LogP contribution in [0.2, 0.25) is 0 Å². The van der Waals surface area contributed by atoms with Gasteiger partial charge in [0.2, 0.25) is 0 Å². The lowest BCUT2D eigenvalue weighted by molar-refractivity contribution is 0.110. The molecule has 0 spiro atoms. The molecule has 0 saturated heterocycles. The van der Waals surface area contributed by atoms with E-state index in [4.69, 9.17) is 4.74 Å². The molecule has 1 aromatic rings. The highest BCUT2D eigenvalue weighted by Crippen LogP contribution is 2.38. The molecule has 2 unspecified atom stereocenters. The summed E-state index contributed by atoms with van der Waals surface area (Å²) in [4.78, 5) is 15.2. The molecule has 0 bridgehead atoms. The Kier molecular flexibility index (Phi) is 5.51. The molecular weight excluding hydrogens is 302 g/mol. The maximum Gasteiger partial charge on any atom is 0.172 e. The van der Waals surface area contributed by atoms with Crippen LogP contribution in [0.5, 0.6) is 5.75 Å². The third kappa shape index (κ3) is 3.61. The topological polar surface area (TPSA) is 54.5 Å². The summed E-state index contributed by atoms with van der Waals surface area (Å²) in [5.74, 6) is 1.59. The van der Waals surface area contributed by atoms with Gasteiger partial charge in [0, 0.05) is 36.3 Å². The third-order valence-electron chi connectivity index (χ3n) is 5.02. The summed E-state index contributed by atoms with van der Waals surface area (Å²) in [6.45, 7) is 5.98. The van der Waals surface area contributed by atoms with Gasteiger partial charge in [-0.15, -0.1) is 0 Å². The van der Waals surface area contributed by atoms with Crippen molar-refractivity contribution in [2.24, 2.45) is 11.8 Å². The number of hydrazine groups is 1. The molecule has 24 heavy (non-hydrogen) atoms. The summed E-state index contributed by atoms with van der Waals surface area (Å²) in [6.07, 6.45) is 9.61. The number of allylic oxidation sites excluding steroid dienone is 1. The molecule has 2 aliphatic rings. The highest BCUT2D eigenvalue weighted by atomic mass is 16.5. The summed E-state index contributed by atoms with van der Waals surface area (Å²) in [5, 5.41) is 2.31. The molecular formula is C19H27N3O2. The van der Waals surface area contributed by atoms with Gasteiger partial charge < -0.3 is 9.75 Å². The summed E-state index contributed by atoms with van der Waals surface area (Å²) in [6, 6.07) is 4.08. The number of hydrogen-bond acceptors (Lipinski definition) is 5. The van der Waals surface area contributed by atoms with Gasteiger partial charge in [0.05, 0.1) is 6.61 Å². The lowest BCUT2D eigenvalue weighted by Crippen LogP contribution is -2.42. The monoisotopic (exact) mass is 329 g/mol. The number of nitrogens with zero attached hydrogens (tertiary/aromatic N) is 2. The molecule has 1 aliphatic heterocycles. The highest BCUT2D eigenvalue weighted by Gasteiger charge is 2.33. The quantitative estimate of drug-likeness (QED) is 0.812. The van der Waals surface area contributed by atoms with Gasteiger partial charge in [-0.25, -0.2) is 10.4 Å². The number of hydrogen-bond donors (Lipinski definition) is 1. The van der Waals surface area contributed by atoms with Crippen molar-refractivity contribution < 1.29 is 9.53 Å². The molecule has 1 aliphatic carbocycles. The number of aldehydes is 1. The standard InChI is InChI=1S/C19H27N3O2/c1-14(2)22-18(9-11-21-22)16-7-4-3-6-15(16)13-24-19-8-5-10-20-17(19)12-23/h5,8-10,12,14-16,21H,3-4,6-7,11,13H2,1-2H3. The number of nitrogens with one attached hydrogen (secondary N) is 1. The summed E-state index contributed by atoms with van der Waals surface area (Å²) >= 11 is 0. The van der Waals surface area contributed by atoms with E-state index < -0.39 is 0 Å². The molecule has 2 atom stereocenters. The van der Waals surface area contributed by atoms with Crippen molar-refractivity contribution in [3.63, 3.8) is 0 Å². The summed E-state index contributed by atoms with van der Waals surface area (Å²) in [5.41, 5.74) is 5.26. The first-order valence-electron chi connectivity index (χ1n) is 8.96. The molecule has 5 nitrogen and oxygen atoms in total. The van der Waals surface area contributed by atoms with Crippen LogP contribution in [0.1, 0.15) is 50.0 Å². The molecule has 2 heterocycles. The SMILES string of the molecule is CC(C)N1NCC=C1C1CCCCC1COc1cccnc1C=O. The molecule has 1 saturated carbocycles. The van der Waals surface area contributed by atoms with Crippen LogP contribution in [-0.4, -0.2) is 35.5 Å². The van der Waals surface area contributed by atoms with Gasteiger partial charge >= 0.3 is 0 Å². The fourth-order valence-electron chi connectivity index (χ4n) is 3.86. The van der Waals surface area contributed by atoms with Crippen molar-refractivity contribution in [1.82, 2.24) is 15.4 Å². The van der Waals surface area contributed by atoms with Crippen LogP contribution in [0.15, 0.2) is 30.1 Å². The fourth-order valence-corrected chi connectivity index (χ4v) is 3.86. The predicted octanol–water partition coefficient (Wildman–Crippen LogP) is 3.19. The number of carbonyl (C=O) groups excluding carboxylic acids is 1. The first kappa shape index (κ1) is 17.0. The molecule has 1 aromatic heterocycles. The lowest BCUT2D eigenvalue weighted by Gasteiger charge is -2.38. The van der Waals surface area contributed by atoms with E-state index in [1.807, 2.05) is 12.1 Å². The number of carbonyl (C=O) groups is 1. The highest BCUT2D eigenvalue weighted by molar-refractivity contribution is 5.75. The van der Waals surface area contributed by atoms with Gasteiger partial charge in [-0.3, -0.25) is 4.79 Å². The third-order valence-corrected chi connectivity index (χ3v) is 5.02. The molecule has 1 fully saturated rings. The van der Waals surface area contributed by atoms with Crippen LogP contribution in [0.4, 0.5) is 0 Å². The second kappa shape index (κ2) is 7.79. The lowest BCUT2D eigenvalue weighted by atomic mass is 9.77. The molecule has 5 heteroatoms. The minimum Gasteiger partial charge on any atom is -0.491 e. The van der Waals surface area contributed by atoms with Crippen LogP contribution in [0, 0.1) is 11.8 Å². The average molecular weight is 329 g/mol. The van der Waals surface area contributed by atoms with Crippen molar-refractivity contribution in [3.05, 3.63) is 35.8 Å². The number of pyridine rings is 1. The first-order valence-corrected chi connectivity index (χ1v) is 8.96. The minimum atomic E-state index is 0.385. The van der Waals surface area contributed by atoms with E-state index in [0.29, 0.717) is 35.9 Å². The van der Waals surface area contributed by atoms with E-state index >= 15 is 0 Å². The second-order valence-corrected chi connectivity index (χ2v) is 6.92. The average Bonchev–Trinajstić information content (AvgIpc) is 3.10. The van der Waals surface area contributed by atoms with E-state index in [0.717, 1.165) is 12.8 Å². The fraction of sp³-hybridized carbons (Fsp3) is 0.579. The van der Waals surface area contributed by atoms with Gasteiger partial charge in [-0.2, -0.15) is 0 Å². The zero-order valence-electron chi connectivity index (χ0n) is 14.6. The minimum absolute atomic E-state index is 0.385. The Hall–Kier alpha value is -1.88. The van der Waals surface area contributed by atoms with Crippen molar-refractivity contribution in [1.29, 1.82) is 0 Å². The van der Waals surface area contributed by atoms with Gasteiger partial charge in [0.25, 0.3) is 0 Å². The first-order chi connectivity index (χ1) is 11.7. The Morgan fingerprint density at radius 1 is 1.42 bits per heavy atom. The Morgan fingerprint density at radius 3 is 3.04 bits per heavy atom. The molecule has 1 N–H and O–H groups in total. The molecule has 3 rings (SSSR count). The van der Waals surface area contributed by atoms with Crippen LogP contribution >= 0.6 is 0 Å². The van der Waals surface area contributed by atoms with Crippen LogP contribution in [0.3, 0.4) is 0 Å². The zero-order valence-corrected chi connectivity index (χ0v) is 14.6. The Balaban J connectivity index is 1.70. The largest absolute Gasteiger partial charge is 0.491 e. The predicted molar refractivity (Wildman–Crippen MR) is 93.6 cm³/mol. The Bertz CT molecular complexity index is 600. The Labute approximate surface area is 144 Å². The van der Waals surface area contributed by atoms with Gasteiger partial charge in [0.15, 0.2) is 6.29 Å². The van der Waals surface area contributed by atoms with Gasteiger partial charge in [-0.05, 0) is 44.9 Å². The Morgan fingerprint density at radius 2 is 2.25 bits per heavy atom. The number of aromatic nitrogens is 1. The van der Waals surface area contributed by atoms with Crippen molar-refractivity contribution in [2.45, 2.75) is 45.6 Å². The number of rotatable bonds is 6. The maximum absolute atomic E-state index is 11.1. The maximum atomic E-state index is 11.1. The van der Waals surface area contributed by atoms with Crippen molar-refractivity contribution in [3.8, 4) is 5.75 Å². The van der Waals surface area contributed by atoms with Crippen molar-refractivity contribution >= 4 is 6.29 Å². The molecule has 0 radical (unpaired) electrons. The molecule has 0 aromatic carbocycles. The summed E-state index contributed by atoms with van der Waals surface area (Å²) in [7, 11) is 0. The van der Waals surface area contributed by atoms with Crippen LogP contribution in [-0.2, 0) is 0 Å². The van der Waals surface area contributed by atoms with E-state index in [2.05, 4.69) is 35.3 Å². The number of ether oxygens (including phenoxy) is 1. The smallest absolute Gasteiger partial charge is 0.172 e. The van der Waals surface area contributed by atoms with E-state index in [1.165, 1.54) is 31.4 Å². The van der Waals surface area contributed by atoms with Gasteiger partial charge in [0.1, 0.15) is 11.4 Å². The van der Waals surface area contributed by atoms with Gasteiger partial charge in [-0.1, -0.05) is 12.8 Å². The van der Waals surface area contributed by atoms with E-state index in [9.17, 15) is 4.79 Å². The van der Waals surface area contributed by atoms with Crippen LogP contribution < -0.4 is 10.2 Å². The van der Waals surface area contributed by atoms with Crippen molar-refractivity contribution in [2.75, 3.05) is 13.2 Å². The molecule has 0 amide bonds.